The Morgan fingerprint density at radius 2 is 2.06 bits per heavy atom. The number of hydrogen-bond donors (Lipinski definition) is 1. The van der Waals surface area contributed by atoms with E-state index in [0.717, 1.165) is 15.6 Å². The van der Waals surface area contributed by atoms with Gasteiger partial charge in [-0.1, -0.05) is 17.8 Å². The van der Waals surface area contributed by atoms with E-state index in [9.17, 15) is 4.39 Å². The summed E-state index contributed by atoms with van der Waals surface area (Å²) in [5.41, 5.74) is 0.700. The minimum atomic E-state index is -0.178. The van der Waals surface area contributed by atoms with Crippen molar-refractivity contribution in [2.45, 2.75) is 29.7 Å². The topological polar surface area (TPSA) is 25.2 Å². The van der Waals surface area contributed by atoms with Crippen LogP contribution in [0.4, 0.5) is 4.39 Å². The second-order valence-corrected chi connectivity index (χ2v) is 5.19. The van der Waals surface area contributed by atoms with Gasteiger partial charge in [-0.05, 0) is 39.1 Å². The lowest BCUT2D eigenvalue weighted by Gasteiger charge is -2.16. The first-order valence-electron chi connectivity index (χ1n) is 5.81. The molecule has 0 saturated carbocycles. The Morgan fingerprint density at radius 1 is 1.28 bits per heavy atom. The van der Waals surface area contributed by atoms with Gasteiger partial charge in [0.05, 0.1) is 11.2 Å². The lowest BCUT2D eigenvalue weighted by atomic mass is 10.1. The van der Waals surface area contributed by atoms with Gasteiger partial charge in [0.1, 0.15) is 11.6 Å². The molecule has 2 aromatic rings. The summed E-state index contributed by atoms with van der Waals surface area (Å²) in [7, 11) is 1.83. The van der Waals surface area contributed by atoms with Gasteiger partial charge < -0.3 is 9.73 Å². The molecule has 0 aliphatic carbocycles. The van der Waals surface area contributed by atoms with E-state index >= 15 is 0 Å². The van der Waals surface area contributed by atoms with Crippen molar-refractivity contribution in [3.63, 3.8) is 0 Å². The number of furan rings is 1. The number of nitrogens with one attached hydrogen (secondary N) is 1. The molecule has 2 nitrogen and oxygen atoms in total. The maximum Gasteiger partial charge on any atom is 0.129 e. The molecule has 0 aliphatic heterocycles. The second-order valence-electron chi connectivity index (χ2n) is 4.11. The first kappa shape index (κ1) is 13.2. The van der Waals surface area contributed by atoms with Gasteiger partial charge in [0, 0.05) is 16.5 Å². The van der Waals surface area contributed by atoms with Gasteiger partial charge in [-0.15, -0.1) is 0 Å². The summed E-state index contributed by atoms with van der Waals surface area (Å²) in [5, 5.41) is 3.08. The van der Waals surface area contributed by atoms with E-state index in [-0.39, 0.29) is 11.9 Å². The van der Waals surface area contributed by atoms with Gasteiger partial charge in [0.15, 0.2) is 0 Å². The van der Waals surface area contributed by atoms with E-state index < -0.39 is 0 Å². The zero-order valence-electron chi connectivity index (χ0n) is 10.7. The molecule has 1 aromatic heterocycles. The highest BCUT2D eigenvalue weighted by Crippen LogP contribution is 2.36. The van der Waals surface area contributed by atoms with Crippen molar-refractivity contribution in [1.82, 2.24) is 5.32 Å². The standard InChI is InChI=1S/C14H16FNOS/c1-9(16-3)14-11(15)5-4-6-13(14)18-12-7-8-17-10(12)2/h4-9,16H,1-3H3. The van der Waals surface area contributed by atoms with E-state index in [4.69, 9.17) is 4.42 Å². The smallest absolute Gasteiger partial charge is 0.129 e. The van der Waals surface area contributed by atoms with Crippen LogP contribution in [-0.4, -0.2) is 7.05 Å². The lowest BCUT2D eigenvalue weighted by Crippen LogP contribution is -2.14. The van der Waals surface area contributed by atoms with Crippen LogP contribution >= 0.6 is 11.8 Å². The fraction of sp³-hybridized carbons (Fsp3) is 0.286. The van der Waals surface area contributed by atoms with Crippen LogP contribution in [0.2, 0.25) is 0 Å². The summed E-state index contributed by atoms with van der Waals surface area (Å²) >= 11 is 1.53. The minimum absolute atomic E-state index is 0.0269. The number of benzene rings is 1. The quantitative estimate of drug-likeness (QED) is 0.898. The van der Waals surface area contributed by atoms with E-state index in [0.29, 0.717) is 5.56 Å². The molecule has 0 amide bonds. The summed E-state index contributed by atoms with van der Waals surface area (Å²) in [4.78, 5) is 1.94. The molecule has 18 heavy (non-hydrogen) atoms. The maximum absolute atomic E-state index is 13.9. The van der Waals surface area contributed by atoms with Crippen LogP contribution < -0.4 is 5.32 Å². The van der Waals surface area contributed by atoms with Crippen molar-refractivity contribution in [3.05, 3.63) is 47.7 Å². The molecule has 1 atom stereocenters. The molecule has 1 heterocycles. The van der Waals surface area contributed by atoms with Crippen LogP contribution in [0.15, 0.2) is 44.7 Å². The zero-order valence-corrected chi connectivity index (χ0v) is 11.5. The van der Waals surface area contributed by atoms with Crippen LogP contribution in [-0.2, 0) is 0 Å². The molecule has 0 aliphatic rings. The summed E-state index contributed by atoms with van der Waals surface area (Å²) in [6, 6.07) is 7.04. The van der Waals surface area contributed by atoms with Crippen LogP contribution in [0.25, 0.3) is 0 Å². The van der Waals surface area contributed by atoms with Crippen molar-refractivity contribution in [2.24, 2.45) is 0 Å². The fourth-order valence-corrected chi connectivity index (χ4v) is 2.85. The normalized spacial score (nSPS) is 12.7. The summed E-state index contributed by atoms with van der Waals surface area (Å²) < 4.78 is 19.2. The van der Waals surface area contributed by atoms with Gasteiger partial charge >= 0.3 is 0 Å². The Labute approximate surface area is 111 Å². The second kappa shape index (κ2) is 5.59. The molecule has 96 valence electrons. The molecule has 1 unspecified atom stereocenters. The molecule has 1 N–H and O–H groups in total. The zero-order chi connectivity index (χ0) is 13.1. The van der Waals surface area contributed by atoms with Gasteiger partial charge in [0.2, 0.25) is 0 Å². The SMILES string of the molecule is CNC(C)c1c(F)cccc1Sc1ccoc1C. The third kappa shape index (κ3) is 2.60. The third-order valence-electron chi connectivity index (χ3n) is 2.91. The molecule has 0 radical (unpaired) electrons. The van der Waals surface area contributed by atoms with Crippen LogP contribution in [0, 0.1) is 12.7 Å². The van der Waals surface area contributed by atoms with E-state index in [1.165, 1.54) is 17.8 Å². The van der Waals surface area contributed by atoms with Crippen LogP contribution in [0.5, 0.6) is 0 Å². The van der Waals surface area contributed by atoms with Crippen molar-refractivity contribution in [3.8, 4) is 0 Å². The average Bonchev–Trinajstić information content (AvgIpc) is 2.74. The maximum atomic E-state index is 13.9. The first-order chi connectivity index (χ1) is 8.63. The van der Waals surface area contributed by atoms with Gasteiger partial charge in [-0.3, -0.25) is 0 Å². The predicted molar refractivity (Wildman–Crippen MR) is 71.4 cm³/mol. The Hall–Kier alpha value is -1.26. The minimum Gasteiger partial charge on any atom is -0.468 e. The number of aryl methyl sites for hydroxylation is 1. The van der Waals surface area contributed by atoms with Crippen LogP contribution in [0.3, 0.4) is 0 Å². The van der Waals surface area contributed by atoms with E-state index in [1.54, 1.807) is 12.3 Å². The summed E-state index contributed by atoms with van der Waals surface area (Å²) in [6.07, 6.45) is 1.65. The van der Waals surface area contributed by atoms with Gasteiger partial charge in [-0.2, -0.15) is 0 Å². The Balaban J connectivity index is 2.39. The van der Waals surface area contributed by atoms with E-state index in [1.807, 2.05) is 33.0 Å². The summed E-state index contributed by atoms with van der Waals surface area (Å²) in [6.45, 7) is 3.85. The lowest BCUT2D eigenvalue weighted by molar-refractivity contribution is 0.526. The Morgan fingerprint density at radius 3 is 2.67 bits per heavy atom. The highest BCUT2D eigenvalue weighted by Gasteiger charge is 2.16. The van der Waals surface area contributed by atoms with Gasteiger partial charge in [-0.25, -0.2) is 4.39 Å². The number of halogens is 1. The summed E-state index contributed by atoms with van der Waals surface area (Å²) in [5.74, 6) is 0.676. The molecule has 2 rings (SSSR count). The van der Waals surface area contributed by atoms with E-state index in [2.05, 4.69) is 5.32 Å². The van der Waals surface area contributed by atoms with Crippen molar-refractivity contribution in [1.29, 1.82) is 0 Å². The molecule has 0 fully saturated rings. The molecule has 0 bridgehead atoms. The fourth-order valence-electron chi connectivity index (χ4n) is 1.77. The van der Waals surface area contributed by atoms with Crippen molar-refractivity contribution in [2.75, 3.05) is 7.05 Å². The van der Waals surface area contributed by atoms with Crippen molar-refractivity contribution < 1.29 is 8.81 Å². The average molecular weight is 265 g/mol. The molecule has 1 aromatic carbocycles. The largest absolute Gasteiger partial charge is 0.468 e. The Kier molecular flexibility index (Phi) is 4.09. The molecule has 0 spiro atoms. The number of rotatable bonds is 4. The molecular weight excluding hydrogens is 249 g/mol. The Bertz CT molecular complexity index is 538. The molecular formula is C14H16FNOS. The van der Waals surface area contributed by atoms with Crippen molar-refractivity contribution >= 4 is 11.8 Å². The molecule has 4 heteroatoms. The highest BCUT2D eigenvalue weighted by molar-refractivity contribution is 7.99. The third-order valence-corrected chi connectivity index (χ3v) is 4.13. The first-order valence-corrected chi connectivity index (χ1v) is 6.62. The molecule has 0 saturated heterocycles. The number of hydrogen-bond acceptors (Lipinski definition) is 3. The van der Waals surface area contributed by atoms with Crippen LogP contribution in [0.1, 0.15) is 24.3 Å². The monoisotopic (exact) mass is 265 g/mol. The van der Waals surface area contributed by atoms with Gasteiger partial charge in [0.25, 0.3) is 0 Å². The predicted octanol–water partition coefficient (Wildman–Crippen LogP) is 4.16. The highest BCUT2D eigenvalue weighted by atomic mass is 32.2.